The molecule has 0 bridgehead atoms. The first-order valence-electron chi connectivity index (χ1n) is 3.32. The number of nitrogens with one attached hydrogen (secondary N) is 1. The van der Waals surface area contributed by atoms with Gasteiger partial charge in [0.15, 0.2) is 0 Å². The molecule has 68 valence electrons. The van der Waals surface area contributed by atoms with E-state index in [2.05, 4.69) is 9.84 Å². The summed E-state index contributed by atoms with van der Waals surface area (Å²) >= 11 is 0. The van der Waals surface area contributed by atoms with Crippen LogP contribution in [0.3, 0.4) is 0 Å². The first kappa shape index (κ1) is 11.1. The van der Waals surface area contributed by atoms with E-state index in [1.54, 1.807) is 0 Å². The van der Waals surface area contributed by atoms with Gasteiger partial charge >= 0.3 is 0 Å². The van der Waals surface area contributed by atoms with Gasteiger partial charge in [0, 0.05) is 12.6 Å². The minimum absolute atomic E-state index is 0.0948. The fourth-order valence-corrected chi connectivity index (χ4v) is 0.820. The van der Waals surface area contributed by atoms with Gasteiger partial charge in [-0.2, -0.15) is 0 Å². The van der Waals surface area contributed by atoms with E-state index in [0.29, 0.717) is 6.54 Å². The maximum absolute atomic E-state index is 9.90. The van der Waals surface area contributed by atoms with Crippen molar-refractivity contribution in [3.63, 3.8) is 0 Å². The minimum Gasteiger partial charge on any atom is -0.790 e. The van der Waals surface area contributed by atoms with Gasteiger partial charge in [-0.3, -0.25) is 0 Å². The Hall–Kier alpha value is 0.0700. The molecule has 5 nitrogen and oxygen atoms in total. The molecule has 0 aromatic carbocycles. The summed E-state index contributed by atoms with van der Waals surface area (Å²) in [4.78, 5) is 19.8. The number of hydrogen-bond acceptors (Lipinski definition) is 5. The predicted octanol–water partition coefficient (Wildman–Crippen LogP) is -1.17. The smallest absolute Gasteiger partial charge is 0.0643 e. The first-order valence-corrected chi connectivity index (χ1v) is 4.78. The molecule has 0 fully saturated rings. The monoisotopic (exact) mass is 181 g/mol. The van der Waals surface area contributed by atoms with Gasteiger partial charge in [-0.25, -0.2) is 0 Å². The summed E-state index contributed by atoms with van der Waals surface area (Å²) in [5.41, 5.74) is 0. The van der Waals surface area contributed by atoms with Crippen molar-refractivity contribution >= 4 is 7.82 Å². The molecule has 0 saturated carbocycles. The summed E-state index contributed by atoms with van der Waals surface area (Å²) in [6.45, 7) is 4.09. The topological polar surface area (TPSA) is 84.5 Å². The normalized spacial score (nSPS) is 12.5. The average Bonchev–Trinajstić information content (AvgIpc) is 1.78. The Bertz CT molecular complexity index is 143. The molecule has 0 amide bonds. The average molecular weight is 181 g/mol. The SMILES string of the molecule is CC(C)NCCOP(=O)([O-])[O-]. The third kappa shape index (κ3) is 10.1. The van der Waals surface area contributed by atoms with Crippen molar-refractivity contribution in [2.75, 3.05) is 13.2 Å². The van der Waals surface area contributed by atoms with Gasteiger partial charge in [0.25, 0.3) is 0 Å². The van der Waals surface area contributed by atoms with E-state index in [-0.39, 0.29) is 12.6 Å². The number of phosphoric ester groups is 1. The lowest BCUT2D eigenvalue weighted by atomic mass is 10.4. The molecule has 11 heavy (non-hydrogen) atoms. The fourth-order valence-electron chi connectivity index (χ4n) is 0.505. The van der Waals surface area contributed by atoms with Crippen LogP contribution in [0.15, 0.2) is 0 Å². The predicted molar refractivity (Wildman–Crippen MR) is 36.7 cm³/mol. The molecule has 0 rings (SSSR count). The summed E-state index contributed by atoms with van der Waals surface area (Å²) in [6, 6.07) is 0.260. The number of phosphoric acid groups is 1. The molecular formula is C5H12NO4P-2. The van der Waals surface area contributed by atoms with E-state index < -0.39 is 7.82 Å². The lowest BCUT2D eigenvalue weighted by Crippen LogP contribution is -2.28. The van der Waals surface area contributed by atoms with Gasteiger partial charge in [0.05, 0.1) is 14.4 Å². The van der Waals surface area contributed by atoms with Gasteiger partial charge in [-0.15, -0.1) is 0 Å². The molecule has 0 spiro atoms. The van der Waals surface area contributed by atoms with Crippen LogP contribution in [-0.2, 0) is 9.09 Å². The van der Waals surface area contributed by atoms with Crippen LogP contribution in [0.4, 0.5) is 0 Å². The summed E-state index contributed by atoms with van der Waals surface area (Å²) in [6.07, 6.45) is 0. The fraction of sp³-hybridized carbons (Fsp3) is 1.00. The van der Waals surface area contributed by atoms with E-state index in [1.165, 1.54) is 0 Å². The van der Waals surface area contributed by atoms with Crippen molar-refractivity contribution in [2.45, 2.75) is 19.9 Å². The molecule has 0 aliphatic rings. The molecule has 0 unspecified atom stereocenters. The van der Waals surface area contributed by atoms with Gasteiger partial charge in [0.2, 0.25) is 0 Å². The van der Waals surface area contributed by atoms with Crippen molar-refractivity contribution < 1.29 is 18.9 Å². The molecule has 0 heterocycles. The zero-order chi connectivity index (χ0) is 8.91. The lowest BCUT2D eigenvalue weighted by Gasteiger charge is -2.28. The van der Waals surface area contributed by atoms with Gasteiger partial charge in [0.1, 0.15) is 0 Å². The van der Waals surface area contributed by atoms with Crippen LogP contribution in [0.25, 0.3) is 0 Å². The Kier molecular flexibility index (Phi) is 4.88. The van der Waals surface area contributed by atoms with Crippen molar-refractivity contribution in [3.05, 3.63) is 0 Å². The molecule has 0 saturated heterocycles. The molecular weight excluding hydrogens is 169 g/mol. The second-order valence-corrected chi connectivity index (χ2v) is 3.54. The first-order chi connectivity index (χ1) is 4.92. The second kappa shape index (κ2) is 4.85. The Morgan fingerprint density at radius 1 is 1.55 bits per heavy atom. The largest absolute Gasteiger partial charge is 0.790 e. The van der Waals surface area contributed by atoms with Crippen LogP contribution >= 0.6 is 7.82 Å². The van der Waals surface area contributed by atoms with Crippen LogP contribution in [0.1, 0.15) is 13.8 Å². The van der Waals surface area contributed by atoms with Crippen molar-refractivity contribution in [2.24, 2.45) is 0 Å². The molecule has 0 radical (unpaired) electrons. The Morgan fingerprint density at radius 3 is 2.45 bits per heavy atom. The zero-order valence-corrected chi connectivity index (χ0v) is 7.47. The maximum Gasteiger partial charge on any atom is 0.0643 e. The van der Waals surface area contributed by atoms with Gasteiger partial charge in [-0.1, -0.05) is 13.8 Å². The van der Waals surface area contributed by atoms with E-state index in [4.69, 9.17) is 0 Å². The van der Waals surface area contributed by atoms with Crippen LogP contribution in [0, 0.1) is 0 Å². The Labute approximate surface area is 66.0 Å². The lowest BCUT2D eigenvalue weighted by molar-refractivity contribution is -0.341. The zero-order valence-electron chi connectivity index (χ0n) is 6.57. The van der Waals surface area contributed by atoms with Crippen LogP contribution in [0.5, 0.6) is 0 Å². The molecule has 6 heteroatoms. The summed E-state index contributed by atoms with van der Waals surface area (Å²) in [5.74, 6) is 0. The second-order valence-electron chi connectivity index (χ2n) is 2.39. The molecule has 0 aliphatic heterocycles. The summed E-state index contributed by atoms with van der Waals surface area (Å²) < 4.78 is 13.9. The van der Waals surface area contributed by atoms with E-state index in [0.717, 1.165) is 0 Å². The van der Waals surface area contributed by atoms with Crippen LogP contribution in [-0.4, -0.2) is 19.2 Å². The third-order valence-electron chi connectivity index (χ3n) is 0.904. The molecule has 0 aliphatic carbocycles. The van der Waals surface area contributed by atoms with Crippen molar-refractivity contribution in [3.8, 4) is 0 Å². The number of rotatable bonds is 5. The molecule has 1 N–H and O–H groups in total. The Balaban J connectivity index is 3.22. The third-order valence-corrected chi connectivity index (χ3v) is 1.40. The standard InChI is InChI=1S/C5H14NO4P/c1-5(2)6-3-4-10-11(7,8)9/h5-6H,3-4H2,1-2H3,(H2,7,8,9)/p-2. The van der Waals surface area contributed by atoms with E-state index in [9.17, 15) is 14.4 Å². The summed E-state index contributed by atoms with van der Waals surface area (Å²) in [5, 5.41) is 2.89. The highest BCUT2D eigenvalue weighted by Gasteiger charge is 1.93. The van der Waals surface area contributed by atoms with E-state index >= 15 is 0 Å². The number of hydrogen-bond donors (Lipinski definition) is 1. The van der Waals surface area contributed by atoms with Crippen LogP contribution < -0.4 is 15.1 Å². The Morgan fingerprint density at radius 2 is 2.09 bits per heavy atom. The molecule has 0 atom stereocenters. The summed E-state index contributed by atoms with van der Waals surface area (Å²) in [7, 11) is -4.77. The van der Waals surface area contributed by atoms with Crippen molar-refractivity contribution in [1.82, 2.24) is 5.32 Å². The van der Waals surface area contributed by atoms with Crippen LogP contribution in [0.2, 0.25) is 0 Å². The highest BCUT2D eigenvalue weighted by atomic mass is 31.2. The highest BCUT2D eigenvalue weighted by Crippen LogP contribution is 2.23. The highest BCUT2D eigenvalue weighted by molar-refractivity contribution is 7.43. The molecule has 0 aromatic heterocycles. The molecule has 0 aromatic rings. The van der Waals surface area contributed by atoms with Gasteiger partial charge < -0.3 is 24.2 Å². The maximum atomic E-state index is 9.90. The quantitative estimate of drug-likeness (QED) is 0.426. The van der Waals surface area contributed by atoms with E-state index in [1.807, 2.05) is 13.8 Å². The van der Waals surface area contributed by atoms with Crippen molar-refractivity contribution in [1.29, 1.82) is 0 Å². The van der Waals surface area contributed by atoms with Gasteiger partial charge in [-0.05, 0) is 0 Å². The minimum atomic E-state index is -4.77.